The van der Waals surface area contributed by atoms with Crippen LogP contribution in [0, 0.1) is 12.7 Å². The van der Waals surface area contributed by atoms with Crippen molar-refractivity contribution in [2.24, 2.45) is 0 Å². The second-order valence-corrected chi connectivity index (χ2v) is 8.32. The number of nitrogens with zero attached hydrogens (tertiary/aromatic N) is 2. The van der Waals surface area contributed by atoms with Crippen LogP contribution in [0.5, 0.6) is 0 Å². The topological polar surface area (TPSA) is 40.6 Å². The number of thiophene rings is 1. The van der Waals surface area contributed by atoms with E-state index in [4.69, 9.17) is 0 Å². The van der Waals surface area contributed by atoms with Gasteiger partial charge in [0, 0.05) is 24.4 Å². The van der Waals surface area contributed by atoms with Crippen molar-refractivity contribution in [3.63, 3.8) is 0 Å². The molecule has 6 heteroatoms. The molecular formula is C23H31FN2O2S. The van der Waals surface area contributed by atoms with Crippen LogP contribution in [0.2, 0.25) is 0 Å². The Kier molecular flexibility index (Phi) is 9.32. The van der Waals surface area contributed by atoms with Gasteiger partial charge in [0.05, 0.1) is 13.1 Å². The Balaban J connectivity index is 2.16. The maximum Gasteiger partial charge on any atom is 0.242 e. The summed E-state index contributed by atoms with van der Waals surface area (Å²) in [6.45, 7) is 7.64. The Morgan fingerprint density at radius 3 is 2.28 bits per heavy atom. The highest BCUT2D eigenvalue weighted by Crippen LogP contribution is 2.20. The van der Waals surface area contributed by atoms with Gasteiger partial charge in [-0.25, -0.2) is 4.39 Å². The van der Waals surface area contributed by atoms with E-state index in [1.165, 1.54) is 12.1 Å². The molecule has 1 aromatic heterocycles. The first-order valence-electron chi connectivity index (χ1n) is 10.3. The highest BCUT2D eigenvalue weighted by molar-refractivity contribution is 7.10. The van der Waals surface area contributed by atoms with Gasteiger partial charge >= 0.3 is 0 Å². The van der Waals surface area contributed by atoms with E-state index in [0.29, 0.717) is 26.1 Å². The monoisotopic (exact) mass is 418 g/mol. The van der Waals surface area contributed by atoms with Crippen molar-refractivity contribution < 1.29 is 14.0 Å². The van der Waals surface area contributed by atoms with Crippen molar-refractivity contribution in [2.45, 2.75) is 59.5 Å². The molecule has 0 atom stereocenters. The van der Waals surface area contributed by atoms with Crippen LogP contribution in [0.25, 0.3) is 0 Å². The Morgan fingerprint density at radius 2 is 1.69 bits per heavy atom. The Labute approximate surface area is 177 Å². The first-order chi connectivity index (χ1) is 13.9. The number of hydrogen-bond acceptors (Lipinski definition) is 3. The molecule has 2 aromatic rings. The number of unbranched alkanes of at least 4 members (excludes halogenated alkanes) is 1. The van der Waals surface area contributed by atoms with Crippen LogP contribution in [0.1, 0.15) is 55.5 Å². The molecule has 29 heavy (non-hydrogen) atoms. The smallest absolute Gasteiger partial charge is 0.242 e. The predicted molar refractivity (Wildman–Crippen MR) is 116 cm³/mol. The first kappa shape index (κ1) is 23.1. The fraction of sp³-hybridized carbons (Fsp3) is 0.478. The fourth-order valence-electron chi connectivity index (χ4n) is 3.09. The second-order valence-electron chi connectivity index (χ2n) is 7.32. The van der Waals surface area contributed by atoms with Crippen molar-refractivity contribution in [2.75, 3.05) is 13.1 Å². The van der Waals surface area contributed by atoms with Crippen LogP contribution >= 0.6 is 11.3 Å². The minimum Gasteiger partial charge on any atom is -0.333 e. The normalized spacial score (nSPS) is 10.8. The molecule has 0 spiro atoms. The average Bonchev–Trinajstić information content (AvgIpc) is 3.11. The van der Waals surface area contributed by atoms with Crippen LogP contribution in [0.4, 0.5) is 4.39 Å². The van der Waals surface area contributed by atoms with E-state index >= 15 is 0 Å². The molecule has 0 N–H and O–H groups in total. The van der Waals surface area contributed by atoms with Crippen molar-refractivity contribution in [1.29, 1.82) is 0 Å². The minimum absolute atomic E-state index is 0.0380. The van der Waals surface area contributed by atoms with Crippen LogP contribution in [0.3, 0.4) is 0 Å². The van der Waals surface area contributed by atoms with E-state index in [0.717, 1.165) is 35.3 Å². The summed E-state index contributed by atoms with van der Waals surface area (Å²) in [4.78, 5) is 30.3. The molecule has 0 aliphatic heterocycles. The van der Waals surface area contributed by atoms with E-state index in [-0.39, 0.29) is 24.2 Å². The Bertz CT molecular complexity index is 788. The zero-order valence-corrected chi connectivity index (χ0v) is 18.4. The SMILES string of the molecule is CCCCC(=O)N(CCC)CC(=O)N(Cc1ccc(F)cc1)Cc1sccc1C. The van der Waals surface area contributed by atoms with E-state index in [9.17, 15) is 14.0 Å². The molecule has 0 unspecified atom stereocenters. The standard InChI is InChI=1S/C23H31FN2O2S/c1-4-6-7-22(27)25(13-5-2)17-23(28)26(16-21-18(3)12-14-29-21)15-19-8-10-20(24)11-9-19/h8-12,14H,4-7,13,15-17H2,1-3H3. The maximum atomic E-state index is 13.3. The molecule has 2 rings (SSSR count). The predicted octanol–water partition coefficient (Wildman–Crippen LogP) is 5.15. The Hall–Kier alpha value is -2.21. The molecule has 158 valence electrons. The molecule has 2 amide bonds. The summed E-state index contributed by atoms with van der Waals surface area (Å²) in [5.74, 6) is -0.340. The number of carbonyl (C=O) groups excluding carboxylic acids is 2. The van der Waals surface area contributed by atoms with E-state index in [2.05, 4.69) is 6.92 Å². The third-order valence-electron chi connectivity index (χ3n) is 4.86. The maximum absolute atomic E-state index is 13.3. The van der Waals surface area contributed by atoms with E-state index < -0.39 is 0 Å². The van der Waals surface area contributed by atoms with E-state index in [1.54, 1.807) is 33.3 Å². The number of amides is 2. The molecule has 0 fully saturated rings. The summed E-state index contributed by atoms with van der Waals surface area (Å²) >= 11 is 1.62. The van der Waals surface area contributed by atoms with Gasteiger partial charge in [-0.2, -0.15) is 0 Å². The number of benzene rings is 1. The van der Waals surface area contributed by atoms with Crippen molar-refractivity contribution >= 4 is 23.2 Å². The number of carbonyl (C=O) groups is 2. The molecule has 0 aliphatic rings. The zero-order chi connectivity index (χ0) is 21.2. The van der Waals surface area contributed by atoms with Gasteiger partial charge in [0.25, 0.3) is 0 Å². The molecule has 1 heterocycles. The lowest BCUT2D eigenvalue weighted by molar-refractivity contribution is -0.141. The summed E-state index contributed by atoms with van der Waals surface area (Å²) in [5, 5.41) is 2.02. The van der Waals surface area contributed by atoms with Gasteiger partial charge in [0.15, 0.2) is 0 Å². The van der Waals surface area contributed by atoms with Crippen LogP contribution in [0.15, 0.2) is 35.7 Å². The highest BCUT2D eigenvalue weighted by atomic mass is 32.1. The van der Waals surface area contributed by atoms with Crippen molar-refractivity contribution in [3.05, 3.63) is 57.5 Å². The fourth-order valence-corrected chi connectivity index (χ4v) is 4.01. The average molecular weight is 419 g/mol. The molecule has 0 saturated carbocycles. The summed E-state index contributed by atoms with van der Waals surface area (Å²) in [5.41, 5.74) is 2.02. The lowest BCUT2D eigenvalue weighted by Gasteiger charge is -2.28. The van der Waals surface area contributed by atoms with Gasteiger partial charge in [0.2, 0.25) is 11.8 Å². The third-order valence-corrected chi connectivity index (χ3v) is 5.87. The van der Waals surface area contributed by atoms with Crippen molar-refractivity contribution in [3.8, 4) is 0 Å². The van der Waals surface area contributed by atoms with Crippen molar-refractivity contribution in [1.82, 2.24) is 9.80 Å². The largest absolute Gasteiger partial charge is 0.333 e. The number of rotatable bonds is 11. The van der Waals surface area contributed by atoms with Gasteiger partial charge in [0.1, 0.15) is 5.82 Å². The highest BCUT2D eigenvalue weighted by Gasteiger charge is 2.22. The summed E-state index contributed by atoms with van der Waals surface area (Å²) in [7, 11) is 0. The van der Waals surface area contributed by atoms with Gasteiger partial charge < -0.3 is 9.80 Å². The lowest BCUT2D eigenvalue weighted by atomic mass is 10.2. The molecule has 0 radical (unpaired) electrons. The van der Waals surface area contributed by atoms with Gasteiger partial charge in [-0.1, -0.05) is 32.4 Å². The molecule has 0 saturated heterocycles. The van der Waals surface area contributed by atoms with E-state index in [1.807, 2.05) is 25.3 Å². The summed E-state index contributed by atoms with van der Waals surface area (Å²) in [6.07, 6.45) is 3.08. The number of halogens is 1. The molecule has 1 aromatic carbocycles. The van der Waals surface area contributed by atoms with Gasteiger partial charge in [-0.15, -0.1) is 11.3 Å². The Morgan fingerprint density at radius 1 is 0.966 bits per heavy atom. The minimum atomic E-state index is -0.295. The van der Waals surface area contributed by atoms with Crippen LogP contribution in [-0.4, -0.2) is 34.7 Å². The first-order valence-corrected chi connectivity index (χ1v) is 11.2. The quantitative estimate of drug-likeness (QED) is 0.506. The molecular weight excluding hydrogens is 387 g/mol. The molecule has 0 bridgehead atoms. The van der Waals surface area contributed by atoms with Crippen LogP contribution in [-0.2, 0) is 22.7 Å². The summed E-state index contributed by atoms with van der Waals surface area (Å²) in [6, 6.07) is 8.26. The number of aryl methyl sites for hydroxylation is 1. The van der Waals surface area contributed by atoms with Crippen LogP contribution < -0.4 is 0 Å². The van der Waals surface area contributed by atoms with Gasteiger partial charge in [-0.05, 0) is 54.5 Å². The molecule has 4 nitrogen and oxygen atoms in total. The third kappa shape index (κ3) is 7.28. The van der Waals surface area contributed by atoms with Gasteiger partial charge in [-0.3, -0.25) is 9.59 Å². The zero-order valence-electron chi connectivity index (χ0n) is 17.6. The lowest BCUT2D eigenvalue weighted by Crippen LogP contribution is -2.42. The second kappa shape index (κ2) is 11.7. The number of hydrogen-bond donors (Lipinski definition) is 0. The molecule has 0 aliphatic carbocycles. The summed E-state index contributed by atoms with van der Waals surface area (Å²) < 4.78 is 13.3.